The first-order valence-electron chi connectivity index (χ1n) is 6.49. The van der Waals surface area contributed by atoms with Gasteiger partial charge < -0.3 is 5.73 Å². The van der Waals surface area contributed by atoms with Crippen molar-refractivity contribution in [1.29, 1.82) is 0 Å². The lowest BCUT2D eigenvalue weighted by atomic mass is 9.86. The molecule has 1 fully saturated rings. The van der Waals surface area contributed by atoms with Crippen molar-refractivity contribution >= 4 is 11.3 Å². The topological polar surface area (TPSA) is 26.0 Å². The highest BCUT2D eigenvalue weighted by Crippen LogP contribution is 2.31. The molecule has 16 heavy (non-hydrogen) atoms. The first-order chi connectivity index (χ1) is 7.68. The Morgan fingerprint density at radius 3 is 3.06 bits per heavy atom. The van der Waals surface area contributed by atoms with Crippen molar-refractivity contribution < 1.29 is 0 Å². The van der Waals surface area contributed by atoms with Crippen LogP contribution in [0.3, 0.4) is 0 Å². The number of rotatable bonds is 3. The standard InChI is InChI=1S/C14H23NS/c1-12-4-2-8-14(15,9-6-12)10-7-13-5-3-11-16-13/h3,5,11-12H,2,4,6-10,15H2,1H3. The molecule has 1 saturated carbocycles. The van der Waals surface area contributed by atoms with Crippen LogP contribution in [-0.2, 0) is 6.42 Å². The molecular weight excluding hydrogens is 214 g/mol. The molecule has 2 rings (SSSR count). The summed E-state index contributed by atoms with van der Waals surface area (Å²) >= 11 is 1.86. The zero-order valence-corrected chi connectivity index (χ0v) is 11.1. The van der Waals surface area contributed by atoms with Gasteiger partial charge in [0.15, 0.2) is 0 Å². The molecule has 1 nitrogen and oxygen atoms in total. The molecule has 0 amide bonds. The highest BCUT2D eigenvalue weighted by Gasteiger charge is 2.27. The van der Waals surface area contributed by atoms with Gasteiger partial charge >= 0.3 is 0 Å². The minimum Gasteiger partial charge on any atom is -0.325 e. The third-order valence-corrected chi connectivity index (χ3v) is 4.89. The van der Waals surface area contributed by atoms with E-state index in [0.717, 1.165) is 5.92 Å². The summed E-state index contributed by atoms with van der Waals surface area (Å²) in [5, 5.41) is 2.16. The molecule has 1 aromatic rings. The Morgan fingerprint density at radius 2 is 2.31 bits per heavy atom. The SMILES string of the molecule is CC1CCCC(N)(CCc2cccs2)CC1. The second-order valence-corrected chi connectivity index (χ2v) is 6.51. The number of hydrogen-bond acceptors (Lipinski definition) is 2. The van der Waals surface area contributed by atoms with Crippen molar-refractivity contribution in [3.05, 3.63) is 22.4 Å². The summed E-state index contributed by atoms with van der Waals surface area (Å²) in [4.78, 5) is 1.49. The molecule has 90 valence electrons. The molecule has 2 unspecified atom stereocenters. The summed E-state index contributed by atoms with van der Waals surface area (Å²) in [5.41, 5.74) is 6.66. The Bertz CT molecular complexity index is 307. The first-order valence-corrected chi connectivity index (χ1v) is 7.37. The Balaban J connectivity index is 1.87. The Labute approximate surface area is 103 Å². The van der Waals surface area contributed by atoms with Gasteiger partial charge in [-0.1, -0.05) is 25.8 Å². The van der Waals surface area contributed by atoms with E-state index in [0.29, 0.717) is 0 Å². The quantitative estimate of drug-likeness (QED) is 0.791. The largest absolute Gasteiger partial charge is 0.325 e. The molecule has 2 heteroatoms. The van der Waals surface area contributed by atoms with Gasteiger partial charge in [0.1, 0.15) is 0 Å². The highest BCUT2D eigenvalue weighted by molar-refractivity contribution is 7.09. The number of thiophene rings is 1. The maximum Gasteiger partial charge on any atom is 0.0157 e. The predicted molar refractivity (Wildman–Crippen MR) is 71.8 cm³/mol. The molecule has 0 aliphatic heterocycles. The summed E-state index contributed by atoms with van der Waals surface area (Å²) < 4.78 is 0. The fourth-order valence-corrected chi connectivity index (χ4v) is 3.39. The van der Waals surface area contributed by atoms with E-state index in [1.54, 1.807) is 0 Å². The van der Waals surface area contributed by atoms with E-state index in [1.807, 2.05) is 11.3 Å². The molecule has 1 aromatic heterocycles. The number of hydrogen-bond donors (Lipinski definition) is 1. The molecule has 1 aliphatic carbocycles. The molecule has 0 bridgehead atoms. The van der Waals surface area contributed by atoms with E-state index in [4.69, 9.17) is 5.73 Å². The predicted octanol–water partition coefficient (Wildman–Crippen LogP) is 3.98. The van der Waals surface area contributed by atoms with Crippen molar-refractivity contribution in [2.75, 3.05) is 0 Å². The van der Waals surface area contributed by atoms with Crippen LogP contribution in [0.1, 0.15) is 50.3 Å². The van der Waals surface area contributed by atoms with Crippen LogP contribution in [0.4, 0.5) is 0 Å². The fourth-order valence-electron chi connectivity index (χ4n) is 2.68. The fraction of sp³-hybridized carbons (Fsp3) is 0.714. The average molecular weight is 237 g/mol. The second kappa shape index (κ2) is 5.33. The van der Waals surface area contributed by atoms with Gasteiger partial charge in [0.05, 0.1) is 0 Å². The van der Waals surface area contributed by atoms with Crippen LogP contribution in [0.5, 0.6) is 0 Å². The lowest BCUT2D eigenvalue weighted by Crippen LogP contribution is -2.39. The van der Waals surface area contributed by atoms with Gasteiger partial charge in [0.2, 0.25) is 0 Å². The molecule has 0 spiro atoms. The van der Waals surface area contributed by atoms with Gasteiger partial charge in [-0.25, -0.2) is 0 Å². The summed E-state index contributed by atoms with van der Waals surface area (Å²) in [6.07, 6.45) is 8.80. The van der Waals surface area contributed by atoms with Crippen molar-refractivity contribution in [2.45, 2.75) is 57.4 Å². The van der Waals surface area contributed by atoms with Gasteiger partial charge in [0, 0.05) is 10.4 Å². The van der Waals surface area contributed by atoms with E-state index in [-0.39, 0.29) is 5.54 Å². The van der Waals surface area contributed by atoms with Gasteiger partial charge in [-0.3, -0.25) is 0 Å². The third kappa shape index (κ3) is 3.33. The normalized spacial score (nSPS) is 31.2. The monoisotopic (exact) mass is 237 g/mol. The van der Waals surface area contributed by atoms with E-state index in [9.17, 15) is 0 Å². The Kier molecular flexibility index (Phi) is 4.04. The third-order valence-electron chi connectivity index (χ3n) is 3.96. The van der Waals surface area contributed by atoms with Crippen LogP contribution < -0.4 is 5.73 Å². The van der Waals surface area contributed by atoms with Crippen molar-refractivity contribution in [3.63, 3.8) is 0 Å². The van der Waals surface area contributed by atoms with Crippen molar-refractivity contribution in [1.82, 2.24) is 0 Å². The van der Waals surface area contributed by atoms with Crippen LogP contribution in [0.2, 0.25) is 0 Å². The van der Waals surface area contributed by atoms with Crippen LogP contribution >= 0.6 is 11.3 Å². The lowest BCUT2D eigenvalue weighted by molar-refractivity contribution is 0.342. The van der Waals surface area contributed by atoms with Gasteiger partial charge in [-0.15, -0.1) is 11.3 Å². The molecule has 0 radical (unpaired) electrons. The van der Waals surface area contributed by atoms with Gasteiger partial charge in [0.25, 0.3) is 0 Å². The van der Waals surface area contributed by atoms with E-state index < -0.39 is 0 Å². The highest BCUT2D eigenvalue weighted by atomic mass is 32.1. The van der Waals surface area contributed by atoms with E-state index in [1.165, 1.54) is 49.8 Å². The first kappa shape index (κ1) is 12.1. The summed E-state index contributed by atoms with van der Waals surface area (Å²) in [7, 11) is 0. The molecular formula is C14H23NS. The maximum absolute atomic E-state index is 6.54. The average Bonchev–Trinajstić information content (AvgIpc) is 2.71. The molecule has 0 saturated heterocycles. The minimum absolute atomic E-state index is 0.120. The zero-order valence-electron chi connectivity index (χ0n) is 10.2. The van der Waals surface area contributed by atoms with Gasteiger partial charge in [-0.05, 0) is 49.5 Å². The minimum atomic E-state index is 0.120. The maximum atomic E-state index is 6.54. The number of aryl methyl sites for hydroxylation is 1. The van der Waals surface area contributed by atoms with Crippen LogP contribution in [0.15, 0.2) is 17.5 Å². The molecule has 2 N–H and O–H groups in total. The molecule has 1 aliphatic rings. The smallest absolute Gasteiger partial charge is 0.0157 e. The second-order valence-electron chi connectivity index (χ2n) is 5.48. The van der Waals surface area contributed by atoms with E-state index >= 15 is 0 Å². The lowest BCUT2D eigenvalue weighted by Gasteiger charge is -2.28. The van der Waals surface area contributed by atoms with Crippen LogP contribution in [0.25, 0.3) is 0 Å². The molecule has 1 heterocycles. The Morgan fingerprint density at radius 1 is 1.44 bits per heavy atom. The van der Waals surface area contributed by atoms with Crippen molar-refractivity contribution in [2.24, 2.45) is 11.7 Å². The molecule has 0 aromatic carbocycles. The summed E-state index contributed by atoms with van der Waals surface area (Å²) in [5.74, 6) is 0.882. The zero-order chi connectivity index (χ0) is 11.4. The van der Waals surface area contributed by atoms with E-state index in [2.05, 4.69) is 24.4 Å². The Hall–Kier alpha value is -0.340. The number of nitrogens with two attached hydrogens (primary N) is 1. The van der Waals surface area contributed by atoms with Crippen LogP contribution in [-0.4, -0.2) is 5.54 Å². The summed E-state index contributed by atoms with van der Waals surface area (Å²) in [6.45, 7) is 2.37. The van der Waals surface area contributed by atoms with Gasteiger partial charge in [-0.2, -0.15) is 0 Å². The van der Waals surface area contributed by atoms with Crippen LogP contribution in [0, 0.1) is 5.92 Å². The van der Waals surface area contributed by atoms with Crippen molar-refractivity contribution in [3.8, 4) is 0 Å². The summed E-state index contributed by atoms with van der Waals surface area (Å²) in [6, 6.07) is 4.37. The molecule has 2 atom stereocenters.